The molecule has 1 aromatic rings. The van der Waals surface area contributed by atoms with Gasteiger partial charge in [0, 0.05) is 11.7 Å². The highest BCUT2D eigenvalue weighted by Gasteiger charge is 2.40. The molecule has 4 nitrogen and oxygen atoms in total. The summed E-state index contributed by atoms with van der Waals surface area (Å²) in [6.07, 6.45) is 7.04. The Kier molecular flexibility index (Phi) is 5.07. The molecule has 0 bridgehead atoms. The van der Waals surface area contributed by atoms with Gasteiger partial charge in [-0.3, -0.25) is 4.79 Å². The van der Waals surface area contributed by atoms with E-state index in [1.165, 1.54) is 12.7 Å². The van der Waals surface area contributed by atoms with Crippen LogP contribution in [0.3, 0.4) is 0 Å². The van der Waals surface area contributed by atoms with E-state index in [2.05, 4.69) is 19.1 Å². The van der Waals surface area contributed by atoms with Gasteiger partial charge in [0.1, 0.15) is 0 Å². The van der Waals surface area contributed by atoms with Crippen LogP contribution in [0.4, 0.5) is 0 Å². The first-order valence-electron chi connectivity index (χ1n) is 9.00. The molecule has 0 unspecified atom stereocenters. The van der Waals surface area contributed by atoms with E-state index in [0.29, 0.717) is 11.1 Å². The van der Waals surface area contributed by atoms with Gasteiger partial charge in [-0.25, -0.2) is 4.79 Å². The third-order valence-electron chi connectivity index (χ3n) is 5.22. The Labute approximate surface area is 149 Å². The van der Waals surface area contributed by atoms with Gasteiger partial charge < -0.3 is 9.64 Å². The third-order valence-corrected chi connectivity index (χ3v) is 5.22. The van der Waals surface area contributed by atoms with Crippen molar-refractivity contribution < 1.29 is 14.3 Å². The molecule has 25 heavy (non-hydrogen) atoms. The molecule has 0 spiro atoms. The summed E-state index contributed by atoms with van der Waals surface area (Å²) in [5, 5.41) is 0. The first kappa shape index (κ1) is 17.5. The van der Waals surface area contributed by atoms with Crippen molar-refractivity contribution in [1.29, 1.82) is 0 Å². The van der Waals surface area contributed by atoms with Crippen LogP contribution in [-0.2, 0) is 20.7 Å². The molecule has 1 saturated carbocycles. The van der Waals surface area contributed by atoms with Crippen molar-refractivity contribution in [2.45, 2.75) is 52.0 Å². The summed E-state index contributed by atoms with van der Waals surface area (Å²) < 4.78 is 4.95. The van der Waals surface area contributed by atoms with Gasteiger partial charge >= 0.3 is 5.97 Å². The van der Waals surface area contributed by atoms with Crippen LogP contribution in [0.25, 0.3) is 6.08 Å². The molecule has 1 aliphatic heterocycles. The molecule has 0 saturated heterocycles. The maximum absolute atomic E-state index is 13.1. The lowest BCUT2D eigenvalue weighted by molar-refractivity contribution is -0.136. The van der Waals surface area contributed by atoms with Crippen LogP contribution in [0.5, 0.6) is 0 Å². The predicted octanol–water partition coefficient (Wildman–Crippen LogP) is 3.86. The number of hydrogen-bond acceptors (Lipinski definition) is 3. The molecule has 1 aromatic carbocycles. The van der Waals surface area contributed by atoms with Crippen LogP contribution in [0.15, 0.2) is 41.1 Å². The molecular weight excluding hydrogens is 314 g/mol. The molecule has 3 rings (SSSR count). The standard InChI is InChI=1S/C21H25NO3/c1-4-15-9-11-16(12-10-15)13-18-19(21(24)25-3)14(2)22(20(18)23)17-7-5-6-8-17/h9-13,17H,4-8H2,1-3H3. The number of carbonyl (C=O) groups is 2. The molecule has 4 heteroatoms. The van der Waals surface area contributed by atoms with Crippen LogP contribution in [-0.4, -0.2) is 29.9 Å². The number of allylic oxidation sites excluding steroid dienone is 1. The van der Waals surface area contributed by atoms with E-state index in [0.717, 1.165) is 43.4 Å². The summed E-state index contributed by atoms with van der Waals surface area (Å²) in [5.74, 6) is -0.521. The minimum absolute atomic E-state index is 0.0793. The fourth-order valence-corrected chi connectivity index (χ4v) is 3.82. The molecule has 0 N–H and O–H groups in total. The van der Waals surface area contributed by atoms with Crippen molar-refractivity contribution in [2.75, 3.05) is 7.11 Å². The van der Waals surface area contributed by atoms with Crippen LogP contribution >= 0.6 is 0 Å². The van der Waals surface area contributed by atoms with E-state index >= 15 is 0 Å². The largest absolute Gasteiger partial charge is 0.465 e. The van der Waals surface area contributed by atoms with Crippen LogP contribution < -0.4 is 0 Å². The number of aryl methyl sites for hydroxylation is 1. The quantitative estimate of drug-likeness (QED) is 0.618. The molecule has 0 aromatic heterocycles. The Hall–Kier alpha value is -2.36. The molecule has 1 heterocycles. The Balaban J connectivity index is 2.01. The van der Waals surface area contributed by atoms with Crippen molar-refractivity contribution in [3.8, 4) is 0 Å². The average Bonchev–Trinajstić information content (AvgIpc) is 3.22. The van der Waals surface area contributed by atoms with E-state index in [1.54, 1.807) is 0 Å². The summed E-state index contributed by atoms with van der Waals surface area (Å²) >= 11 is 0. The van der Waals surface area contributed by atoms with Crippen molar-refractivity contribution in [1.82, 2.24) is 4.90 Å². The van der Waals surface area contributed by atoms with Gasteiger partial charge in [-0.1, -0.05) is 44.0 Å². The minimum Gasteiger partial charge on any atom is -0.465 e. The Morgan fingerprint density at radius 1 is 1.24 bits per heavy atom. The van der Waals surface area contributed by atoms with Gasteiger partial charge in [-0.15, -0.1) is 0 Å². The lowest BCUT2D eigenvalue weighted by atomic mass is 10.0. The zero-order chi connectivity index (χ0) is 18.0. The third kappa shape index (κ3) is 3.26. The zero-order valence-electron chi connectivity index (χ0n) is 15.2. The maximum Gasteiger partial charge on any atom is 0.340 e. The normalized spacial score (nSPS) is 20.0. The smallest absolute Gasteiger partial charge is 0.340 e. The first-order valence-corrected chi connectivity index (χ1v) is 9.00. The topological polar surface area (TPSA) is 46.6 Å². The lowest BCUT2D eigenvalue weighted by Gasteiger charge is -2.25. The second-order valence-electron chi connectivity index (χ2n) is 6.72. The Morgan fingerprint density at radius 2 is 1.88 bits per heavy atom. The van der Waals surface area contributed by atoms with E-state index in [1.807, 2.05) is 30.0 Å². The van der Waals surface area contributed by atoms with E-state index in [-0.39, 0.29) is 11.9 Å². The van der Waals surface area contributed by atoms with Gasteiger partial charge in [-0.05, 0) is 43.4 Å². The summed E-state index contributed by atoms with van der Waals surface area (Å²) in [4.78, 5) is 27.2. The average molecular weight is 339 g/mol. The molecule has 2 aliphatic rings. The second kappa shape index (κ2) is 7.26. The molecular formula is C21H25NO3. The number of rotatable bonds is 4. The van der Waals surface area contributed by atoms with Gasteiger partial charge in [0.2, 0.25) is 0 Å². The van der Waals surface area contributed by atoms with Crippen molar-refractivity contribution in [2.24, 2.45) is 0 Å². The van der Waals surface area contributed by atoms with Crippen molar-refractivity contribution in [3.05, 3.63) is 52.2 Å². The number of carbonyl (C=O) groups excluding carboxylic acids is 2. The van der Waals surface area contributed by atoms with E-state index in [9.17, 15) is 9.59 Å². The fourth-order valence-electron chi connectivity index (χ4n) is 3.82. The van der Waals surface area contributed by atoms with Crippen molar-refractivity contribution in [3.63, 3.8) is 0 Å². The van der Waals surface area contributed by atoms with Crippen LogP contribution in [0.2, 0.25) is 0 Å². The molecule has 0 atom stereocenters. The highest BCUT2D eigenvalue weighted by atomic mass is 16.5. The lowest BCUT2D eigenvalue weighted by Crippen LogP contribution is -2.34. The van der Waals surface area contributed by atoms with E-state index < -0.39 is 5.97 Å². The summed E-state index contributed by atoms with van der Waals surface area (Å²) in [6, 6.07) is 8.27. The highest BCUT2D eigenvalue weighted by Crippen LogP contribution is 2.37. The molecule has 0 radical (unpaired) electrons. The highest BCUT2D eigenvalue weighted by molar-refractivity contribution is 6.16. The number of amides is 1. The Bertz CT molecular complexity index is 737. The number of nitrogens with zero attached hydrogens (tertiary/aromatic N) is 1. The SMILES string of the molecule is CCc1ccc(C=C2C(=O)N(C3CCCC3)C(C)=C2C(=O)OC)cc1. The number of benzene rings is 1. The first-order chi connectivity index (χ1) is 12.1. The maximum atomic E-state index is 13.1. The van der Waals surface area contributed by atoms with Gasteiger partial charge in [-0.2, -0.15) is 0 Å². The number of esters is 1. The molecule has 1 amide bonds. The van der Waals surface area contributed by atoms with Crippen LogP contribution in [0, 0.1) is 0 Å². The van der Waals surface area contributed by atoms with E-state index in [4.69, 9.17) is 4.74 Å². The number of methoxy groups -OCH3 is 1. The summed E-state index contributed by atoms with van der Waals surface area (Å²) in [5.41, 5.74) is 3.73. The molecule has 1 aliphatic carbocycles. The number of hydrogen-bond donors (Lipinski definition) is 0. The summed E-state index contributed by atoms with van der Waals surface area (Å²) in [6.45, 7) is 3.96. The molecule has 132 valence electrons. The van der Waals surface area contributed by atoms with Gasteiger partial charge in [0.25, 0.3) is 5.91 Å². The van der Waals surface area contributed by atoms with Gasteiger partial charge in [0.15, 0.2) is 0 Å². The summed E-state index contributed by atoms with van der Waals surface area (Å²) in [7, 11) is 1.36. The monoisotopic (exact) mass is 339 g/mol. The Morgan fingerprint density at radius 3 is 2.44 bits per heavy atom. The van der Waals surface area contributed by atoms with Gasteiger partial charge in [0.05, 0.1) is 18.3 Å². The predicted molar refractivity (Wildman–Crippen MR) is 97.6 cm³/mol. The fraction of sp³-hybridized carbons (Fsp3) is 0.429. The number of ether oxygens (including phenoxy) is 1. The second-order valence-corrected chi connectivity index (χ2v) is 6.72. The minimum atomic E-state index is -0.442. The van der Waals surface area contributed by atoms with Crippen molar-refractivity contribution >= 4 is 18.0 Å². The van der Waals surface area contributed by atoms with Crippen LogP contribution in [0.1, 0.15) is 50.7 Å². The molecule has 1 fully saturated rings. The zero-order valence-corrected chi connectivity index (χ0v) is 15.2.